The number of benzene rings is 1. The van der Waals surface area contributed by atoms with Crippen LogP contribution in [0.2, 0.25) is 0 Å². The van der Waals surface area contributed by atoms with E-state index in [1.165, 1.54) is 28.8 Å². The van der Waals surface area contributed by atoms with Gasteiger partial charge in [0, 0.05) is 39.6 Å². The highest BCUT2D eigenvalue weighted by Gasteiger charge is 2.44. The molecule has 3 aromatic rings. The summed E-state index contributed by atoms with van der Waals surface area (Å²) in [4.78, 5) is 44.6. The minimum atomic E-state index is -0.765. The molecular weight excluding hydrogens is 473 g/mol. The molecule has 1 spiro atoms. The number of hydrogen-bond donors (Lipinski definition) is 3. The molecule has 2 amide bonds. The zero-order chi connectivity index (χ0) is 25.4. The Morgan fingerprint density at radius 3 is 2.58 bits per heavy atom. The van der Waals surface area contributed by atoms with Gasteiger partial charge in [-0.15, -0.1) is 10.2 Å². The van der Waals surface area contributed by atoms with Gasteiger partial charge in [-0.1, -0.05) is 12.1 Å². The van der Waals surface area contributed by atoms with E-state index in [1.807, 2.05) is 0 Å². The number of aromatic hydroxyl groups is 1. The second kappa shape index (κ2) is 9.15. The summed E-state index contributed by atoms with van der Waals surface area (Å²) in [5.74, 6) is -1.68. The molecule has 36 heavy (non-hydrogen) atoms. The van der Waals surface area contributed by atoms with Gasteiger partial charge in [0.15, 0.2) is 5.69 Å². The first-order valence-electron chi connectivity index (χ1n) is 11.5. The lowest BCUT2D eigenvalue weighted by atomic mass is 9.84. The number of nitrogens with zero attached hydrogens (tertiary/aromatic N) is 5. The average Bonchev–Trinajstić information content (AvgIpc) is 3.32. The molecule has 0 bridgehead atoms. The number of piperidine rings is 1. The third-order valence-corrected chi connectivity index (χ3v) is 6.57. The maximum Gasteiger partial charge on any atom is 0.311 e. The Balaban J connectivity index is 1.38. The van der Waals surface area contributed by atoms with Crippen LogP contribution < -0.4 is 16.2 Å². The molecule has 1 fully saturated rings. The molecule has 188 valence electrons. The maximum atomic E-state index is 13.1. The first-order chi connectivity index (χ1) is 17.3. The van der Waals surface area contributed by atoms with Crippen molar-refractivity contribution < 1.29 is 23.5 Å². The van der Waals surface area contributed by atoms with E-state index in [0.717, 1.165) is 0 Å². The van der Waals surface area contributed by atoms with Crippen molar-refractivity contribution in [1.29, 1.82) is 0 Å². The van der Waals surface area contributed by atoms with Crippen molar-refractivity contribution in [1.82, 2.24) is 35.3 Å². The number of aromatic nitrogens is 4. The van der Waals surface area contributed by atoms with Crippen LogP contribution in [0.5, 0.6) is 5.75 Å². The van der Waals surface area contributed by atoms with Gasteiger partial charge in [0.25, 0.3) is 11.5 Å². The highest BCUT2D eigenvalue weighted by Crippen LogP contribution is 2.34. The van der Waals surface area contributed by atoms with E-state index >= 15 is 0 Å². The van der Waals surface area contributed by atoms with Gasteiger partial charge in [-0.05, 0) is 30.5 Å². The molecule has 3 N–H and O–H groups in total. The van der Waals surface area contributed by atoms with E-state index in [1.54, 1.807) is 11.8 Å². The predicted molar refractivity (Wildman–Crippen MR) is 122 cm³/mol. The first-order valence-corrected chi connectivity index (χ1v) is 11.5. The average molecular weight is 497 g/mol. The Bertz CT molecular complexity index is 1380. The number of nitrogens with one attached hydrogen (secondary N) is 2. The molecule has 0 aliphatic carbocycles. The Morgan fingerprint density at radius 1 is 1.19 bits per heavy atom. The lowest BCUT2D eigenvalue weighted by Gasteiger charge is -2.44. The van der Waals surface area contributed by atoms with E-state index < -0.39 is 28.6 Å². The van der Waals surface area contributed by atoms with E-state index in [2.05, 4.69) is 25.8 Å². The largest absolute Gasteiger partial charge is 0.501 e. The van der Waals surface area contributed by atoms with Crippen LogP contribution in [-0.4, -0.2) is 61.2 Å². The van der Waals surface area contributed by atoms with Crippen molar-refractivity contribution in [3.05, 3.63) is 69.3 Å². The standard InChI is InChI=1S/C23H24FN7O5/c1-13-28-29-19(36-13)21(35)30-9-6-23(7-10-30)22-27-16(17(32)20(34)31(22)11-8-26-23)18(33)25-12-14-2-4-15(24)5-3-14/h2-5,26,32H,6-12H2,1H3,(H,25,33). The van der Waals surface area contributed by atoms with Crippen LogP contribution in [-0.2, 0) is 18.6 Å². The molecule has 13 heteroatoms. The number of likely N-dealkylation sites (tertiary alicyclic amines) is 1. The number of hydrogen-bond acceptors (Lipinski definition) is 9. The lowest BCUT2D eigenvalue weighted by molar-refractivity contribution is 0.0563. The van der Waals surface area contributed by atoms with Gasteiger partial charge in [0.05, 0.1) is 5.54 Å². The third kappa shape index (κ3) is 4.21. The second-order valence-corrected chi connectivity index (χ2v) is 8.83. The molecule has 2 aliphatic heterocycles. The summed E-state index contributed by atoms with van der Waals surface area (Å²) >= 11 is 0. The molecule has 0 radical (unpaired) electrons. The quantitative estimate of drug-likeness (QED) is 0.466. The fourth-order valence-electron chi connectivity index (χ4n) is 4.64. The van der Waals surface area contributed by atoms with Crippen molar-refractivity contribution in [2.45, 2.75) is 38.4 Å². The van der Waals surface area contributed by atoms with Crippen molar-refractivity contribution in [3.63, 3.8) is 0 Å². The fourth-order valence-corrected chi connectivity index (χ4v) is 4.64. The Labute approximate surface area is 204 Å². The van der Waals surface area contributed by atoms with E-state index in [9.17, 15) is 23.9 Å². The number of amides is 2. The van der Waals surface area contributed by atoms with E-state index in [0.29, 0.717) is 49.8 Å². The molecule has 5 rings (SSSR count). The van der Waals surface area contributed by atoms with Gasteiger partial charge in [-0.3, -0.25) is 19.0 Å². The minimum Gasteiger partial charge on any atom is -0.501 e. The van der Waals surface area contributed by atoms with Crippen molar-refractivity contribution >= 4 is 11.8 Å². The molecule has 12 nitrogen and oxygen atoms in total. The topological polar surface area (TPSA) is 155 Å². The van der Waals surface area contributed by atoms with Gasteiger partial charge in [-0.25, -0.2) is 9.37 Å². The van der Waals surface area contributed by atoms with E-state index in [4.69, 9.17) is 4.42 Å². The summed E-state index contributed by atoms with van der Waals surface area (Å²) in [7, 11) is 0. The molecule has 2 aromatic heterocycles. The summed E-state index contributed by atoms with van der Waals surface area (Å²) in [6, 6.07) is 5.59. The Kier molecular flexibility index (Phi) is 6.00. The highest BCUT2D eigenvalue weighted by atomic mass is 19.1. The van der Waals surface area contributed by atoms with Crippen LogP contribution in [0, 0.1) is 12.7 Å². The lowest BCUT2D eigenvalue weighted by Crippen LogP contribution is -2.58. The van der Waals surface area contributed by atoms with Gasteiger partial charge in [0.2, 0.25) is 11.6 Å². The monoisotopic (exact) mass is 497 g/mol. The van der Waals surface area contributed by atoms with Crippen LogP contribution in [0.4, 0.5) is 4.39 Å². The van der Waals surface area contributed by atoms with Gasteiger partial charge in [0.1, 0.15) is 11.6 Å². The summed E-state index contributed by atoms with van der Waals surface area (Å²) in [5, 5.41) is 24.0. The van der Waals surface area contributed by atoms with Crippen molar-refractivity contribution in [2.24, 2.45) is 0 Å². The zero-order valence-electron chi connectivity index (χ0n) is 19.5. The van der Waals surface area contributed by atoms with E-state index in [-0.39, 0.29) is 30.6 Å². The molecule has 1 saturated heterocycles. The first kappa shape index (κ1) is 23.6. The zero-order valence-corrected chi connectivity index (χ0v) is 19.5. The molecule has 1 aromatic carbocycles. The normalized spacial score (nSPS) is 16.6. The van der Waals surface area contributed by atoms with Gasteiger partial charge < -0.3 is 25.1 Å². The van der Waals surface area contributed by atoms with Gasteiger partial charge in [-0.2, -0.15) is 0 Å². The molecule has 0 atom stereocenters. The predicted octanol–water partition coefficient (Wildman–Crippen LogP) is 0.444. The second-order valence-electron chi connectivity index (χ2n) is 8.83. The number of aryl methyl sites for hydroxylation is 1. The summed E-state index contributed by atoms with van der Waals surface area (Å²) < 4.78 is 19.8. The number of fused-ring (bicyclic) bond motifs is 2. The van der Waals surface area contributed by atoms with Crippen molar-refractivity contribution in [2.75, 3.05) is 19.6 Å². The molecular formula is C23H24FN7O5. The minimum absolute atomic E-state index is 0.0638. The highest BCUT2D eigenvalue weighted by molar-refractivity contribution is 5.94. The summed E-state index contributed by atoms with van der Waals surface area (Å²) in [6.07, 6.45) is 0.833. The van der Waals surface area contributed by atoms with Crippen LogP contribution in [0.3, 0.4) is 0 Å². The molecule has 0 saturated carbocycles. The molecule has 2 aliphatic rings. The SMILES string of the molecule is Cc1nnc(C(=O)N2CCC3(CC2)NCCn2c3nc(C(=O)NCc3ccc(F)cc3)c(O)c2=O)o1. The van der Waals surface area contributed by atoms with Crippen LogP contribution in [0.1, 0.15) is 51.3 Å². The molecule has 0 unspecified atom stereocenters. The number of carbonyl (C=O) groups is 2. The van der Waals surface area contributed by atoms with Gasteiger partial charge >= 0.3 is 11.8 Å². The van der Waals surface area contributed by atoms with Crippen LogP contribution in [0.25, 0.3) is 0 Å². The Morgan fingerprint density at radius 2 is 1.92 bits per heavy atom. The number of carbonyl (C=O) groups excluding carboxylic acids is 2. The van der Waals surface area contributed by atoms with Crippen LogP contribution >= 0.6 is 0 Å². The summed E-state index contributed by atoms with van der Waals surface area (Å²) in [6.45, 7) is 3.06. The number of rotatable bonds is 4. The van der Waals surface area contributed by atoms with Crippen LogP contribution in [0.15, 0.2) is 33.5 Å². The summed E-state index contributed by atoms with van der Waals surface area (Å²) in [5.41, 5.74) is -1.20. The smallest absolute Gasteiger partial charge is 0.311 e. The Hall–Kier alpha value is -4.13. The maximum absolute atomic E-state index is 13.1. The molecule has 4 heterocycles. The fraction of sp³-hybridized carbons (Fsp3) is 0.391. The third-order valence-electron chi connectivity index (χ3n) is 6.57. The number of halogens is 1. The van der Waals surface area contributed by atoms with Crippen molar-refractivity contribution in [3.8, 4) is 5.75 Å².